The summed E-state index contributed by atoms with van der Waals surface area (Å²) >= 11 is 0. The maximum atomic E-state index is 5.35. The molecule has 1 aliphatic rings. The lowest BCUT2D eigenvalue weighted by atomic mass is 9.76. The third-order valence-corrected chi connectivity index (χ3v) is 6.70. The minimum absolute atomic E-state index is 0.620. The Balaban J connectivity index is 1.69. The molecule has 0 aliphatic carbocycles. The van der Waals surface area contributed by atoms with Crippen molar-refractivity contribution in [1.82, 2.24) is 0 Å². The van der Waals surface area contributed by atoms with Crippen LogP contribution in [0.15, 0.2) is 151 Å². The Kier molecular flexibility index (Phi) is 5.59. The molecule has 3 heteroatoms. The first-order chi connectivity index (χ1) is 17.8. The Morgan fingerprint density at radius 1 is 0.500 bits per heavy atom. The Morgan fingerprint density at radius 3 is 1.44 bits per heavy atom. The molecule has 6 rings (SSSR count). The summed E-state index contributed by atoms with van der Waals surface area (Å²) in [7, 11) is 0. The van der Waals surface area contributed by atoms with Crippen LogP contribution in [0.3, 0.4) is 0 Å². The molecule has 36 heavy (non-hydrogen) atoms. The van der Waals surface area contributed by atoms with Crippen LogP contribution in [0.2, 0.25) is 0 Å². The van der Waals surface area contributed by atoms with Gasteiger partial charge < -0.3 is 0 Å². The monoisotopic (exact) mass is 465 g/mol. The van der Waals surface area contributed by atoms with Gasteiger partial charge in [-0.25, -0.2) is 10.0 Å². The first-order valence-corrected chi connectivity index (χ1v) is 12.3. The molecule has 0 saturated carbocycles. The number of hydrazine groups is 1. The summed E-state index contributed by atoms with van der Waals surface area (Å²) in [6, 6.07) is 50.9. The number of hydrogen-bond donors (Lipinski definition) is 0. The van der Waals surface area contributed by atoms with Crippen LogP contribution < -0.4 is 10.0 Å². The fourth-order valence-corrected chi connectivity index (χ4v) is 5.03. The smallest absolute Gasteiger partial charge is 0.171 e. The number of aryl methyl sites for hydroxylation is 1. The maximum Gasteiger partial charge on any atom is 0.171 e. The number of para-hydroxylation sites is 2. The number of anilines is 2. The second-order valence-electron chi connectivity index (χ2n) is 9.01. The second kappa shape index (κ2) is 9.20. The minimum Gasteiger partial charge on any atom is -0.257 e. The Hall–Kier alpha value is -4.63. The van der Waals surface area contributed by atoms with E-state index in [4.69, 9.17) is 4.99 Å². The van der Waals surface area contributed by atoms with Gasteiger partial charge in [0.2, 0.25) is 0 Å². The summed E-state index contributed by atoms with van der Waals surface area (Å²) in [5, 5.41) is 4.62. The summed E-state index contributed by atoms with van der Waals surface area (Å²) in [6.45, 7) is 2.10. The van der Waals surface area contributed by atoms with Crippen LogP contribution in [0, 0.1) is 6.92 Å². The average Bonchev–Trinajstić information content (AvgIpc) is 2.94. The highest BCUT2D eigenvalue weighted by molar-refractivity contribution is 6.19. The zero-order valence-corrected chi connectivity index (χ0v) is 20.2. The molecule has 1 saturated heterocycles. The van der Waals surface area contributed by atoms with Gasteiger partial charge in [0.1, 0.15) is 0 Å². The standard InChI is InChI=1S/C33H27N3/c1-26-22-24-29(25-23-26)34-32-33(27-14-6-2-7-15-27,28-16-8-3-9-17-28)36(31-20-12-5-13-21-31)35(32)30-18-10-4-11-19-30/h2-25H,1H3. The molecule has 0 bridgehead atoms. The molecule has 1 heterocycles. The third-order valence-electron chi connectivity index (χ3n) is 6.70. The van der Waals surface area contributed by atoms with Gasteiger partial charge in [-0.05, 0) is 54.4 Å². The Morgan fingerprint density at radius 2 is 0.944 bits per heavy atom. The highest BCUT2D eigenvalue weighted by atomic mass is 15.8. The van der Waals surface area contributed by atoms with E-state index < -0.39 is 5.54 Å². The van der Waals surface area contributed by atoms with E-state index in [1.165, 1.54) is 5.56 Å². The van der Waals surface area contributed by atoms with Crippen LogP contribution >= 0.6 is 0 Å². The number of hydrogen-bond acceptors (Lipinski definition) is 2. The van der Waals surface area contributed by atoms with Crippen molar-refractivity contribution in [3.05, 3.63) is 162 Å². The Bertz CT molecular complexity index is 1420. The molecule has 1 fully saturated rings. The fourth-order valence-electron chi connectivity index (χ4n) is 5.03. The summed E-state index contributed by atoms with van der Waals surface area (Å²) in [5.41, 5.74) is 6.02. The van der Waals surface area contributed by atoms with E-state index in [2.05, 4.69) is 163 Å². The molecule has 0 unspecified atom stereocenters. The molecule has 5 aromatic carbocycles. The van der Waals surface area contributed by atoms with Crippen molar-refractivity contribution in [3.63, 3.8) is 0 Å². The van der Waals surface area contributed by atoms with Gasteiger partial charge in [0.25, 0.3) is 0 Å². The highest BCUT2D eigenvalue weighted by Crippen LogP contribution is 2.51. The summed E-state index contributed by atoms with van der Waals surface area (Å²) in [6.07, 6.45) is 0. The van der Waals surface area contributed by atoms with E-state index in [9.17, 15) is 0 Å². The maximum absolute atomic E-state index is 5.35. The lowest BCUT2D eigenvalue weighted by Crippen LogP contribution is -2.77. The van der Waals surface area contributed by atoms with E-state index in [-0.39, 0.29) is 0 Å². The van der Waals surface area contributed by atoms with Gasteiger partial charge in [0, 0.05) is 0 Å². The molecule has 3 nitrogen and oxygen atoms in total. The summed E-state index contributed by atoms with van der Waals surface area (Å²) < 4.78 is 0. The van der Waals surface area contributed by atoms with E-state index in [1.54, 1.807) is 0 Å². The predicted molar refractivity (Wildman–Crippen MR) is 150 cm³/mol. The molecule has 0 spiro atoms. The SMILES string of the molecule is Cc1ccc(N=C2N(c3ccccc3)N(c3ccccc3)C2(c2ccccc2)c2ccccc2)cc1. The van der Waals surface area contributed by atoms with Crippen LogP contribution in [-0.2, 0) is 5.54 Å². The number of rotatable bonds is 5. The van der Waals surface area contributed by atoms with Gasteiger partial charge in [-0.15, -0.1) is 0 Å². The number of benzene rings is 5. The highest BCUT2D eigenvalue weighted by Gasteiger charge is 2.60. The molecular weight excluding hydrogens is 438 g/mol. The molecule has 0 N–H and O–H groups in total. The molecule has 174 valence electrons. The van der Waals surface area contributed by atoms with E-state index in [0.29, 0.717) is 0 Å². The molecule has 0 amide bonds. The molecule has 0 radical (unpaired) electrons. The average molecular weight is 466 g/mol. The first kappa shape index (κ1) is 21.9. The molecule has 0 atom stereocenters. The second-order valence-corrected chi connectivity index (χ2v) is 9.01. The van der Waals surface area contributed by atoms with Crippen LogP contribution in [0.1, 0.15) is 16.7 Å². The quantitative estimate of drug-likeness (QED) is 0.263. The van der Waals surface area contributed by atoms with Crippen molar-refractivity contribution in [2.45, 2.75) is 12.5 Å². The van der Waals surface area contributed by atoms with Crippen LogP contribution in [-0.4, -0.2) is 5.84 Å². The molecule has 5 aromatic rings. The summed E-state index contributed by atoms with van der Waals surface area (Å²) in [4.78, 5) is 5.35. The lowest BCUT2D eigenvalue weighted by Gasteiger charge is -2.62. The van der Waals surface area contributed by atoms with E-state index >= 15 is 0 Å². The van der Waals surface area contributed by atoms with Crippen molar-refractivity contribution in [2.24, 2.45) is 4.99 Å². The van der Waals surface area contributed by atoms with Crippen molar-refractivity contribution in [2.75, 3.05) is 10.0 Å². The van der Waals surface area contributed by atoms with Crippen molar-refractivity contribution in [1.29, 1.82) is 0 Å². The lowest BCUT2D eigenvalue weighted by molar-refractivity contribution is 0.535. The van der Waals surface area contributed by atoms with Crippen molar-refractivity contribution >= 4 is 22.9 Å². The van der Waals surface area contributed by atoms with Gasteiger partial charge in [0.15, 0.2) is 11.4 Å². The molecule has 0 aromatic heterocycles. The normalized spacial score (nSPS) is 15.5. The summed E-state index contributed by atoms with van der Waals surface area (Å²) in [5.74, 6) is 0.957. The van der Waals surface area contributed by atoms with Gasteiger partial charge in [-0.3, -0.25) is 5.01 Å². The first-order valence-electron chi connectivity index (χ1n) is 12.3. The number of nitrogens with zero attached hydrogens (tertiary/aromatic N) is 3. The van der Waals surface area contributed by atoms with Crippen LogP contribution in [0.4, 0.5) is 17.1 Å². The van der Waals surface area contributed by atoms with E-state index in [0.717, 1.165) is 34.0 Å². The third kappa shape index (κ3) is 3.57. The Labute approximate surface area is 212 Å². The predicted octanol–water partition coefficient (Wildman–Crippen LogP) is 7.91. The van der Waals surface area contributed by atoms with Crippen LogP contribution in [0.25, 0.3) is 0 Å². The fraction of sp³-hybridized carbons (Fsp3) is 0.0606. The van der Waals surface area contributed by atoms with Crippen molar-refractivity contribution in [3.8, 4) is 0 Å². The van der Waals surface area contributed by atoms with Gasteiger partial charge in [-0.2, -0.15) is 0 Å². The molecular formula is C33H27N3. The van der Waals surface area contributed by atoms with Crippen molar-refractivity contribution < 1.29 is 0 Å². The van der Waals surface area contributed by atoms with Gasteiger partial charge in [0.05, 0.1) is 17.1 Å². The zero-order chi connectivity index (χ0) is 24.4. The zero-order valence-electron chi connectivity index (χ0n) is 20.2. The molecule has 1 aliphatic heterocycles. The van der Waals surface area contributed by atoms with Gasteiger partial charge in [-0.1, -0.05) is 115 Å². The number of amidine groups is 1. The van der Waals surface area contributed by atoms with E-state index in [1.807, 2.05) is 0 Å². The number of aliphatic imine (C=N–C) groups is 1. The van der Waals surface area contributed by atoms with Crippen LogP contribution in [0.5, 0.6) is 0 Å². The largest absolute Gasteiger partial charge is 0.257 e. The minimum atomic E-state index is -0.620. The van der Waals surface area contributed by atoms with Gasteiger partial charge >= 0.3 is 0 Å². The topological polar surface area (TPSA) is 18.8 Å².